The molecule has 0 fully saturated rings. The summed E-state index contributed by atoms with van der Waals surface area (Å²) in [6, 6.07) is 53.4. The molecule has 0 spiro atoms. The largest absolute Gasteiger partial charge is 0.456 e. The highest BCUT2D eigenvalue weighted by Gasteiger charge is 2.35. The van der Waals surface area contributed by atoms with Crippen LogP contribution < -0.4 is 0 Å². The summed E-state index contributed by atoms with van der Waals surface area (Å²) in [7, 11) is 0. The fourth-order valence-corrected chi connectivity index (χ4v) is 7.85. The number of aromatic nitrogens is 3. The second kappa shape index (κ2) is 11.7. The number of rotatable bonds is 5. The Morgan fingerprint density at radius 1 is 0.442 bits per heavy atom. The first-order valence-electron chi connectivity index (χ1n) is 17.7. The van der Waals surface area contributed by atoms with Gasteiger partial charge in [0, 0.05) is 50.8 Å². The first-order chi connectivity index (χ1) is 25.5. The summed E-state index contributed by atoms with van der Waals surface area (Å²) < 4.78 is 6.08. The number of pyridine rings is 1. The molecule has 6 aromatic carbocycles. The van der Waals surface area contributed by atoms with Crippen LogP contribution >= 0.6 is 0 Å². The van der Waals surface area contributed by atoms with E-state index < -0.39 is 0 Å². The zero-order chi connectivity index (χ0) is 34.8. The lowest BCUT2D eigenvalue weighted by Crippen LogP contribution is -2.14. The summed E-state index contributed by atoms with van der Waals surface area (Å²) in [5, 5.41) is 2.25. The van der Waals surface area contributed by atoms with E-state index in [1.165, 1.54) is 22.3 Å². The molecule has 10 rings (SSSR count). The van der Waals surface area contributed by atoms with Crippen molar-refractivity contribution in [2.24, 2.45) is 0 Å². The van der Waals surface area contributed by atoms with Gasteiger partial charge in [0.15, 0.2) is 5.82 Å². The molecule has 0 atom stereocenters. The number of benzene rings is 6. The Bertz CT molecular complexity index is 2810. The Morgan fingerprint density at radius 3 is 1.98 bits per heavy atom. The molecule has 0 N–H and O–H groups in total. The molecule has 0 saturated carbocycles. The van der Waals surface area contributed by atoms with Crippen LogP contribution in [0.5, 0.6) is 0 Å². The van der Waals surface area contributed by atoms with Gasteiger partial charge in [-0.15, -0.1) is 0 Å². The van der Waals surface area contributed by atoms with Crippen molar-refractivity contribution >= 4 is 21.9 Å². The molecule has 0 radical (unpaired) electrons. The number of furan rings is 1. The summed E-state index contributed by atoms with van der Waals surface area (Å²) in [5.74, 6) is 0.683. The van der Waals surface area contributed by atoms with Crippen molar-refractivity contribution in [3.8, 4) is 67.3 Å². The van der Waals surface area contributed by atoms with Crippen LogP contribution in [0, 0.1) is 0 Å². The molecule has 246 valence electrons. The monoisotopic (exact) mass is 667 g/mol. The summed E-state index contributed by atoms with van der Waals surface area (Å²) >= 11 is 0. The topological polar surface area (TPSA) is 51.8 Å². The van der Waals surface area contributed by atoms with E-state index in [9.17, 15) is 0 Å². The van der Waals surface area contributed by atoms with Crippen LogP contribution in [0.1, 0.15) is 25.0 Å². The summed E-state index contributed by atoms with van der Waals surface area (Å²) in [5.41, 5.74) is 16.2. The molecule has 4 heteroatoms. The van der Waals surface area contributed by atoms with E-state index in [4.69, 9.17) is 14.4 Å². The highest BCUT2D eigenvalue weighted by Crippen LogP contribution is 2.49. The lowest BCUT2D eigenvalue weighted by atomic mass is 9.82. The standard InChI is InChI=1S/C48H33N3O/c1-48(2)41-14-5-3-12-37(41)38-22-20-34(27-42(38)48)44-28-43(50-47(51-44)35-10-7-9-32(25-35)36-11-8-24-49-29-36)31-18-16-30(17-19-31)33-21-23-46-40(26-33)39-13-4-6-15-45(39)52-46/h3-29H,1-2H3. The number of para-hydroxylation sites is 1. The van der Waals surface area contributed by atoms with E-state index >= 15 is 0 Å². The summed E-state index contributed by atoms with van der Waals surface area (Å²) in [4.78, 5) is 14.8. The fourth-order valence-electron chi connectivity index (χ4n) is 7.85. The molecule has 1 aliphatic carbocycles. The highest BCUT2D eigenvalue weighted by molar-refractivity contribution is 6.06. The molecule has 52 heavy (non-hydrogen) atoms. The van der Waals surface area contributed by atoms with Crippen LogP contribution in [0.3, 0.4) is 0 Å². The Morgan fingerprint density at radius 2 is 1.12 bits per heavy atom. The van der Waals surface area contributed by atoms with E-state index in [1.54, 1.807) is 6.20 Å². The van der Waals surface area contributed by atoms with Gasteiger partial charge in [-0.2, -0.15) is 0 Å². The fraction of sp³-hybridized carbons (Fsp3) is 0.0625. The molecule has 0 unspecified atom stereocenters. The van der Waals surface area contributed by atoms with Crippen LogP contribution in [0.4, 0.5) is 0 Å². The minimum absolute atomic E-state index is 0.111. The molecule has 3 aromatic heterocycles. The zero-order valence-electron chi connectivity index (χ0n) is 28.8. The summed E-state index contributed by atoms with van der Waals surface area (Å²) in [6.45, 7) is 4.63. The Kier molecular flexibility index (Phi) is 6.80. The van der Waals surface area contributed by atoms with Crippen LogP contribution in [-0.4, -0.2) is 15.0 Å². The predicted octanol–water partition coefficient (Wildman–Crippen LogP) is 12.4. The van der Waals surface area contributed by atoms with E-state index in [0.717, 1.165) is 72.3 Å². The molecular formula is C48H33N3O. The molecule has 4 nitrogen and oxygen atoms in total. The van der Waals surface area contributed by atoms with Crippen LogP contribution in [0.25, 0.3) is 89.2 Å². The zero-order valence-corrected chi connectivity index (χ0v) is 28.8. The molecular weight excluding hydrogens is 635 g/mol. The predicted molar refractivity (Wildman–Crippen MR) is 212 cm³/mol. The minimum Gasteiger partial charge on any atom is -0.456 e. The first kappa shape index (κ1) is 30.2. The van der Waals surface area contributed by atoms with Gasteiger partial charge in [0.25, 0.3) is 0 Å². The van der Waals surface area contributed by atoms with E-state index in [2.05, 4.69) is 152 Å². The molecule has 0 aliphatic heterocycles. The maximum Gasteiger partial charge on any atom is 0.160 e. The van der Waals surface area contributed by atoms with E-state index in [1.807, 2.05) is 24.4 Å². The van der Waals surface area contributed by atoms with Gasteiger partial charge in [-0.3, -0.25) is 4.98 Å². The summed E-state index contributed by atoms with van der Waals surface area (Å²) in [6.07, 6.45) is 3.69. The smallest absolute Gasteiger partial charge is 0.160 e. The third kappa shape index (κ3) is 4.95. The molecule has 0 bridgehead atoms. The van der Waals surface area contributed by atoms with Gasteiger partial charge in [0.1, 0.15) is 11.2 Å². The Labute approximate surface area is 302 Å². The van der Waals surface area contributed by atoms with E-state index in [0.29, 0.717) is 5.82 Å². The third-order valence-electron chi connectivity index (χ3n) is 10.6. The minimum atomic E-state index is -0.111. The lowest BCUT2D eigenvalue weighted by molar-refractivity contribution is 0.660. The van der Waals surface area contributed by atoms with Crippen molar-refractivity contribution in [1.29, 1.82) is 0 Å². The van der Waals surface area contributed by atoms with Crippen LogP contribution in [-0.2, 0) is 5.41 Å². The highest BCUT2D eigenvalue weighted by atomic mass is 16.3. The third-order valence-corrected chi connectivity index (χ3v) is 10.6. The second-order valence-electron chi connectivity index (χ2n) is 14.1. The molecule has 0 amide bonds. The van der Waals surface area contributed by atoms with Gasteiger partial charge in [-0.1, -0.05) is 123 Å². The van der Waals surface area contributed by atoms with Crippen molar-refractivity contribution in [3.05, 3.63) is 175 Å². The first-order valence-corrected chi connectivity index (χ1v) is 17.7. The van der Waals surface area contributed by atoms with Crippen molar-refractivity contribution < 1.29 is 4.42 Å². The maximum atomic E-state index is 6.08. The molecule has 3 heterocycles. The average molecular weight is 668 g/mol. The van der Waals surface area contributed by atoms with Gasteiger partial charge in [-0.25, -0.2) is 9.97 Å². The number of fused-ring (bicyclic) bond motifs is 6. The van der Waals surface area contributed by atoms with Crippen molar-refractivity contribution in [3.63, 3.8) is 0 Å². The quantitative estimate of drug-likeness (QED) is 0.183. The van der Waals surface area contributed by atoms with Gasteiger partial charge < -0.3 is 4.42 Å². The molecule has 1 aliphatic rings. The number of hydrogen-bond donors (Lipinski definition) is 0. The average Bonchev–Trinajstić information content (AvgIpc) is 3.69. The van der Waals surface area contributed by atoms with Gasteiger partial charge in [0.2, 0.25) is 0 Å². The van der Waals surface area contributed by atoms with Crippen molar-refractivity contribution in [2.75, 3.05) is 0 Å². The van der Waals surface area contributed by atoms with Crippen LogP contribution in [0.2, 0.25) is 0 Å². The Balaban J connectivity index is 1.09. The molecule has 9 aromatic rings. The maximum absolute atomic E-state index is 6.08. The van der Waals surface area contributed by atoms with Gasteiger partial charge >= 0.3 is 0 Å². The van der Waals surface area contributed by atoms with Crippen molar-refractivity contribution in [1.82, 2.24) is 15.0 Å². The SMILES string of the molecule is CC1(C)c2ccccc2-c2ccc(-c3cc(-c4ccc(-c5ccc6oc7ccccc7c6c5)cc4)nc(-c4cccc(-c5cccnc5)c4)n3)cc21. The van der Waals surface area contributed by atoms with Crippen molar-refractivity contribution in [2.45, 2.75) is 19.3 Å². The second-order valence-corrected chi connectivity index (χ2v) is 14.1. The number of hydrogen-bond acceptors (Lipinski definition) is 4. The number of nitrogens with zero attached hydrogens (tertiary/aromatic N) is 3. The van der Waals surface area contributed by atoms with Crippen LogP contribution in [0.15, 0.2) is 168 Å². The normalized spacial score (nSPS) is 13.0. The molecule has 0 saturated heterocycles. The van der Waals surface area contributed by atoms with Gasteiger partial charge in [-0.05, 0) is 81.4 Å². The lowest BCUT2D eigenvalue weighted by Gasteiger charge is -2.22. The Hall–Kier alpha value is -6.65. The van der Waals surface area contributed by atoms with Gasteiger partial charge in [0.05, 0.1) is 11.4 Å². The van der Waals surface area contributed by atoms with E-state index in [-0.39, 0.29) is 5.41 Å².